The highest BCUT2D eigenvalue weighted by Gasteiger charge is 2.17. The minimum atomic E-state index is -3.61. The van der Waals surface area contributed by atoms with Gasteiger partial charge in [-0.3, -0.25) is 0 Å². The van der Waals surface area contributed by atoms with Crippen LogP contribution in [0.2, 0.25) is 5.02 Å². The first-order valence-electron chi connectivity index (χ1n) is 4.96. The Morgan fingerprint density at radius 1 is 1.47 bits per heavy atom. The van der Waals surface area contributed by atoms with Crippen molar-refractivity contribution in [3.8, 4) is 0 Å². The third kappa shape index (κ3) is 3.81. The van der Waals surface area contributed by atoms with Crippen molar-refractivity contribution >= 4 is 27.4 Å². The summed E-state index contributed by atoms with van der Waals surface area (Å²) in [5.74, 6) is 0.470. The molecule has 0 aliphatic heterocycles. The summed E-state index contributed by atoms with van der Waals surface area (Å²) >= 11 is 5.92. The molecule has 0 unspecified atom stereocenters. The molecule has 0 fully saturated rings. The van der Waals surface area contributed by atoms with E-state index in [1.165, 1.54) is 17.3 Å². The Labute approximate surface area is 106 Å². The predicted molar refractivity (Wildman–Crippen MR) is 67.4 cm³/mol. The first-order valence-corrected chi connectivity index (χ1v) is 6.82. The molecule has 1 aromatic rings. The molecular weight excluding hydrogens is 264 g/mol. The van der Waals surface area contributed by atoms with Gasteiger partial charge in [-0.1, -0.05) is 11.6 Å². The summed E-state index contributed by atoms with van der Waals surface area (Å²) in [4.78, 5) is 6.29. The molecular formula is C9H15ClN4O2S. The van der Waals surface area contributed by atoms with Crippen molar-refractivity contribution in [3.63, 3.8) is 0 Å². The molecule has 0 atom stereocenters. The second-order valence-electron chi connectivity index (χ2n) is 3.52. The number of nitrogens with zero attached hydrogens (tertiary/aromatic N) is 2. The molecule has 0 radical (unpaired) electrons. The third-order valence-electron chi connectivity index (χ3n) is 1.77. The van der Waals surface area contributed by atoms with Crippen molar-refractivity contribution in [1.29, 1.82) is 0 Å². The SMILES string of the molecule is CCNc1ncc(S(=O)(=O)NN(C)C)cc1Cl. The molecule has 1 rings (SSSR count). The van der Waals surface area contributed by atoms with Gasteiger partial charge in [0.2, 0.25) is 0 Å². The zero-order valence-electron chi connectivity index (χ0n) is 9.86. The number of hydrazine groups is 1. The first kappa shape index (κ1) is 14.2. The fraction of sp³-hybridized carbons (Fsp3) is 0.444. The lowest BCUT2D eigenvalue weighted by molar-refractivity contribution is 0.364. The van der Waals surface area contributed by atoms with Crippen molar-refractivity contribution < 1.29 is 8.42 Å². The number of hydrogen-bond donors (Lipinski definition) is 2. The van der Waals surface area contributed by atoms with Crippen LogP contribution in [0, 0.1) is 0 Å². The number of pyridine rings is 1. The largest absolute Gasteiger partial charge is 0.369 e. The van der Waals surface area contributed by atoms with Crippen molar-refractivity contribution in [2.24, 2.45) is 0 Å². The Kier molecular flexibility index (Phi) is 4.70. The van der Waals surface area contributed by atoms with Crippen LogP contribution in [0.1, 0.15) is 6.92 Å². The molecule has 0 amide bonds. The summed E-state index contributed by atoms with van der Waals surface area (Å²) in [7, 11) is -0.447. The molecule has 0 aromatic carbocycles. The number of rotatable bonds is 5. The number of sulfonamides is 1. The van der Waals surface area contributed by atoms with E-state index in [4.69, 9.17) is 11.6 Å². The number of anilines is 1. The van der Waals surface area contributed by atoms with Crippen LogP contribution in [0.15, 0.2) is 17.2 Å². The van der Waals surface area contributed by atoms with E-state index < -0.39 is 10.0 Å². The zero-order valence-corrected chi connectivity index (χ0v) is 11.4. The van der Waals surface area contributed by atoms with Crippen LogP contribution in [0.25, 0.3) is 0 Å². The lowest BCUT2D eigenvalue weighted by Gasteiger charge is -2.13. The van der Waals surface area contributed by atoms with E-state index in [0.29, 0.717) is 12.4 Å². The monoisotopic (exact) mass is 278 g/mol. The van der Waals surface area contributed by atoms with Gasteiger partial charge in [-0.05, 0) is 13.0 Å². The number of nitrogens with one attached hydrogen (secondary N) is 2. The second-order valence-corrected chi connectivity index (χ2v) is 5.59. The Hall–Kier alpha value is -0.890. The van der Waals surface area contributed by atoms with E-state index in [2.05, 4.69) is 15.1 Å². The van der Waals surface area contributed by atoms with Gasteiger partial charge < -0.3 is 5.32 Å². The van der Waals surface area contributed by atoms with Gasteiger partial charge in [0.25, 0.3) is 10.0 Å². The Bertz CT molecular complexity index is 490. The molecule has 0 saturated carbocycles. The van der Waals surface area contributed by atoms with E-state index in [0.717, 1.165) is 0 Å². The standard InChI is InChI=1S/C9H15ClN4O2S/c1-4-11-9-8(10)5-7(6-12-9)17(15,16)13-14(2)3/h5-6,13H,4H2,1-3H3,(H,11,12). The smallest absolute Gasteiger partial charge is 0.255 e. The van der Waals surface area contributed by atoms with E-state index in [9.17, 15) is 8.42 Å². The van der Waals surface area contributed by atoms with Crippen LogP contribution in [0.3, 0.4) is 0 Å². The summed E-state index contributed by atoms with van der Waals surface area (Å²) in [6.45, 7) is 2.56. The average Bonchev–Trinajstić information content (AvgIpc) is 2.19. The minimum absolute atomic E-state index is 0.0258. The lowest BCUT2D eigenvalue weighted by atomic mass is 10.4. The molecule has 17 heavy (non-hydrogen) atoms. The van der Waals surface area contributed by atoms with Crippen LogP contribution in [-0.2, 0) is 10.0 Å². The molecule has 8 heteroatoms. The molecule has 0 saturated heterocycles. The topological polar surface area (TPSA) is 74.3 Å². The van der Waals surface area contributed by atoms with Crippen LogP contribution in [-0.4, -0.2) is 39.1 Å². The normalized spacial score (nSPS) is 11.8. The lowest BCUT2D eigenvalue weighted by Crippen LogP contribution is -2.36. The van der Waals surface area contributed by atoms with Crippen LogP contribution in [0.5, 0.6) is 0 Å². The maximum absolute atomic E-state index is 11.8. The molecule has 2 N–H and O–H groups in total. The summed E-state index contributed by atoms with van der Waals surface area (Å²) in [6, 6.07) is 1.36. The van der Waals surface area contributed by atoms with E-state index in [1.54, 1.807) is 14.1 Å². The summed E-state index contributed by atoms with van der Waals surface area (Å²) < 4.78 is 23.6. The number of aromatic nitrogens is 1. The first-order chi connectivity index (χ1) is 7.86. The van der Waals surface area contributed by atoms with Gasteiger partial charge in [0.1, 0.15) is 10.7 Å². The van der Waals surface area contributed by atoms with E-state index in [1.807, 2.05) is 6.92 Å². The average molecular weight is 279 g/mol. The highest BCUT2D eigenvalue weighted by Crippen LogP contribution is 2.22. The fourth-order valence-electron chi connectivity index (χ4n) is 1.16. The van der Waals surface area contributed by atoms with Gasteiger partial charge in [-0.25, -0.2) is 18.4 Å². The molecule has 1 heterocycles. The third-order valence-corrected chi connectivity index (χ3v) is 3.51. The van der Waals surface area contributed by atoms with Crippen molar-refractivity contribution in [1.82, 2.24) is 14.8 Å². The van der Waals surface area contributed by atoms with E-state index >= 15 is 0 Å². The molecule has 0 aliphatic carbocycles. The molecule has 1 aromatic heterocycles. The maximum Gasteiger partial charge on any atom is 0.255 e. The van der Waals surface area contributed by atoms with Crippen LogP contribution < -0.4 is 10.1 Å². The highest BCUT2D eigenvalue weighted by molar-refractivity contribution is 7.89. The Morgan fingerprint density at radius 3 is 2.59 bits per heavy atom. The van der Waals surface area contributed by atoms with Crippen LogP contribution >= 0.6 is 11.6 Å². The van der Waals surface area contributed by atoms with Crippen molar-refractivity contribution in [2.45, 2.75) is 11.8 Å². The minimum Gasteiger partial charge on any atom is -0.369 e. The second kappa shape index (κ2) is 5.63. The van der Waals surface area contributed by atoms with Gasteiger partial charge in [-0.2, -0.15) is 0 Å². The van der Waals surface area contributed by atoms with E-state index in [-0.39, 0.29) is 9.92 Å². The maximum atomic E-state index is 11.8. The fourth-order valence-corrected chi connectivity index (χ4v) is 2.51. The van der Waals surface area contributed by atoms with Gasteiger partial charge >= 0.3 is 0 Å². The van der Waals surface area contributed by atoms with Gasteiger partial charge in [0, 0.05) is 26.8 Å². The highest BCUT2D eigenvalue weighted by atomic mass is 35.5. The van der Waals surface area contributed by atoms with Gasteiger partial charge in [0.05, 0.1) is 5.02 Å². The molecule has 96 valence electrons. The predicted octanol–water partition coefficient (Wildman–Crippen LogP) is 0.922. The number of hydrogen-bond acceptors (Lipinski definition) is 5. The zero-order chi connectivity index (χ0) is 13.1. The summed E-state index contributed by atoms with van der Waals surface area (Å²) in [6.07, 6.45) is 1.26. The van der Waals surface area contributed by atoms with Gasteiger partial charge in [-0.15, -0.1) is 4.83 Å². The van der Waals surface area contributed by atoms with Crippen LogP contribution in [0.4, 0.5) is 5.82 Å². The molecule has 6 nitrogen and oxygen atoms in total. The Balaban J connectivity index is 3.05. The molecule has 0 aliphatic rings. The van der Waals surface area contributed by atoms with Gasteiger partial charge in [0.15, 0.2) is 0 Å². The summed E-state index contributed by atoms with van der Waals surface area (Å²) in [5.41, 5.74) is 0. The number of halogens is 1. The summed E-state index contributed by atoms with van der Waals surface area (Å²) in [5, 5.41) is 4.53. The van der Waals surface area contributed by atoms with Crippen molar-refractivity contribution in [2.75, 3.05) is 26.0 Å². The molecule has 0 bridgehead atoms. The quantitative estimate of drug-likeness (QED) is 0.784. The Morgan fingerprint density at radius 2 is 2.12 bits per heavy atom. The van der Waals surface area contributed by atoms with Crippen molar-refractivity contribution in [3.05, 3.63) is 17.3 Å². The molecule has 0 spiro atoms.